The summed E-state index contributed by atoms with van der Waals surface area (Å²) in [6, 6.07) is 11.4. The second-order valence-electron chi connectivity index (χ2n) is 8.49. The molecular weight excluding hydrogens is 471 g/mol. The zero-order chi connectivity index (χ0) is 25.4. The minimum Gasteiger partial charge on any atom is -0.490 e. The number of hydrogen-bond donors (Lipinski definition) is 0. The summed E-state index contributed by atoms with van der Waals surface area (Å²) < 4.78 is 50.4. The molecule has 1 saturated heterocycles. The fourth-order valence-corrected chi connectivity index (χ4v) is 4.67. The molecule has 0 aromatic heterocycles. The van der Waals surface area contributed by atoms with E-state index in [4.69, 9.17) is 9.47 Å². The number of methoxy groups -OCH3 is 1. The van der Waals surface area contributed by atoms with Crippen LogP contribution in [0.1, 0.15) is 24.0 Å². The zero-order valence-electron chi connectivity index (χ0n) is 18.7. The average Bonchev–Trinajstić information content (AvgIpc) is 3.14. The van der Waals surface area contributed by atoms with Gasteiger partial charge >= 0.3 is 23.9 Å². The van der Waals surface area contributed by atoms with Crippen molar-refractivity contribution in [1.82, 2.24) is 4.90 Å². The third-order valence-corrected chi connectivity index (χ3v) is 6.49. The molecule has 0 atom stereocenters. The Kier molecular flexibility index (Phi) is 6.30. The largest absolute Gasteiger partial charge is 0.490 e. The van der Waals surface area contributed by atoms with Crippen LogP contribution in [0.2, 0.25) is 0 Å². The lowest BCUT2D eigenvalue weighted by atomic mass is 9.74. The van der Waals surface area contributed by atoms with Gasteiger partial charge in [-0.3, -0.25) is 14.9 Å². The maximum absolute atomic E-state index is 13.3. The van der Waals surface area contributed by atoms with E-state index < -0.39 is 34.2 Å². The monoisotopic (exact) mass is 493 g/mol. The number of alkyl halides is 3. The first-order valence-corrected chi connectivity index (χ1v) is 10.8. The minimum absolute atomic E-state index is 0.0822. The second kappa shape index (κ2) is 9.08. The van der Waals surface area contributed by atoms with Gasteiger partial charge in [-0.1, -0.05) is 30.3 Å². The molecule has 2 aromatic rings. The number of rotatable bonds is 4. The molecule has 0 N–H and O–H groups in total. The number of halogens is 3. The van der Waals surface area contributed by atoms with Crippen LogP contribution < -0.4 is 9.64 Å². The fraction of sp³-hybridized carbons (Fsp3) is 0.391. The number of amides is 2. The summed E-state index contributed by atoms with van der Waals surface area (Å²) in [7, 11) is 1.22. The molecule has 4 rings (SSSR count). The highest BCUT2D eigenvalue weighted by Crippen LogP contribution is 2.51. The quantitative estimate of drug-likeness (QED) is 0.468. The number of nitrogens with zero attached hydrogens (tertiary/aromatic N) is 3. The fourth-order valence-electron chi connectivity index (χ4n) is 4.67. The van der Waals surface area contributed by atoms with Gasteiger partial charge in [0, 0.05) is 31.1 Å². The first-order chi connectivity index (χ1) is 16.6. The highest BCUT2D eigenvalue weighted by molar-refractivity contribution is 6.00. The Labute approximate surface area is 198 Å². The summed E-state index contributed by atoms with van der Waals surface area (Å²) in [4.78, 5) is 37.4. The van der Waals surface area contributed by atoms with E-state index in [0.717, 1.165) is 11.6 Å². The van der Waals surface area contributed by atoms with Crippen LogP contribution in [-0.4, -0.2) is 54.7 Å². The number of fused-ring (bicyclic) bond motifs is 2. The molecule has 35 heavy (non-hydrogen) atoms. The molecule has 2 aromatic carbocycles. The number of carbonyl (C=O) groups excluding carboxylic acids is 2. The average molecular weight is 493 g/mol. The van der Waals surface area contributed by atoms with Crippen molar-refractivity contribution < 1.29 is 37.2 Å². The van der Waals surface area contributed by atoms with Gasteiger partial charge in [0.05, 0.1) is 17.7 Å². The first kappa shape index (κ1) is 24.3. The number of benzene rings is 2. The van der Waals surface area contributed by atoms with E-state index in [9.17, 15) is 32.9 Å². The van der Waals surface area contributed by atoms with E-state index in [0.29, 0.717) is 10.5 Å². The van der Waals surface area contributed by atoms with Crippen molar-refractivity contribution in [1.29, 1.82) is 0 Å². The van der Waals surface area contributed by atoms with Crippen molar-refractivity contribution in [3.05, 3.63) is 63.7 Å². The van der Waals surface area contributed by atoms with E-state index in [2.05, 4.69) is 0 Å². The first-order valence-electron chi connectivity index (χ1n) is 10.8. The number of ether oxygens (including phenoxy) is 2. The number of nitro benzene ring substituents is 1. The Morgan fingerprint density at radius 1 is 1.14 bits per heavy atom. The highest BCUT2D eigenvalue weighted by atomic mass is 19.4. The van der Waals surface area contributed by atoms with E-state index >= 15 is 0 Å². The summed E-state index contributed by atoms with van der Waals surface area (Å²) in [6.07, 6.45) is -5.22. The van der Waals surface area contributed by atoms with Gasteiger partial charge in [-0.15, -0.1) is 0 Å². The molecule has 1 fully saturated rings. The second-order valence-corrected chi connectivity index (χ2v) is 8.49. The molecular formula is C23H22F3N3O6. The lowest BCUT2D eigenvalue weighted by molar-refractivity contribution is -0.385. The molecule has 2 aliphatic rings. The van der Waals surface area contributed by atoms with Gasteiger partial charge in [0.15, 0.2) is 5.75 Å². The van der Waals surface area contributed by atoms with Crippen LogP contribution in [0.25, 0.3) is 0 Å². The molecule has 186 valence electrons. The van der Waals surface area contributed by atoms with Crippen molar-refractivity contribution in [2.75, 3.05) is 31.6 Å². The summed E-state index contributed by atoms with van der Waals surface area (Å²) in [5.41, 5.74) is -0.455. The third-order valence-electron chi connectivity index (χ3n) is 6.49. The van der Waals surface area contributed by atoms with Crippen molar-refractivity contribution >= 4 is 23.4 Å². The molecule has 2 heterocycles. The zero-order valence-corrected chi connectivity index (χ0v) is 18.7. The molecule has 0 saturated carbocycles. The maximum atomic E-state index is 13.3. The number of likely N-dealkylation sites (tertiary alicyclic amines) is 1. The molecule has 1 spiro atoms. The van der Waals surface area contributed by atoms with Crippen LogP contribution in [0.5, 0.6) is 5.75 Å². The minimum atomic E-state index is -5.15. The number of carbonyl (C=O) groups is 2. The Hall–Kier alpha value is -3.83. The van der Waals surface area contributed by atoms with Gasteiger partial charge in [-0.2, -0.15) is 13.2 Å². The normalized spacial score (nSPS) is 16.7. The molecule has 2 amide bonds. The van der Waals surface area contributed by atoms with E-state index in [1.54, 1.807) is 0 Å². The van der Waals surface area contributed by atoms with Crippen LogP contribution in [0.4, 0.5) is 29.3 Å². The van der Waals surface area contributed by atoms with Crippen LogP contribution in [0.15, 0.2) is 42.5 Å². The predicted molar refractivity (Wildman–Crippen MR) is 117 cm³/mol. The smallest absolute Gasteiger partial charge is 0.471 e. The van der Waals surface area contributed by atoms with E-state index in [1.807, 2.05) is 30.3 Å². The van der Waals surface area contributed by atoms with E-state index in [-0.39, 0.29) is 50.5 Å². The number of nitro groups is 1. The lowest BCUT2D eigenvalue weighted by Gasteiger charge is -2.39. The lowest BCUT2D eigenvalue weighted by Crippen LogP contribution is -2.49. The molecule has 12 heteroatoms. The Morgan fingerprint density at radius 2 is 1.80 bits per heavy atom. The Morgan fingerprint density at radius 3 is 2.37 bits per heavy atom. The van der Waals surface area contributed by atoms with Gasteiger partial charge < -0.3 is 19.3 Å². The van der Waals surface area contributed by atoms with Gasteiger partial charge in [-0.25, -0.2) is 4.79 Å². The number of hydrogen-bond acceptors (Lipinski definition) is 6. The molecule has 9 nitrogen and oxygen atoms in total. The molecule has 2 aliphatic heterocycles. The van der Waals surface area contributed by atoms with E-state index in [1.165, 1.54) is 18.1 Å². The Bertz CT molecular complexity index is 1150. The van der Waals surface area contributed by atoms with Crippen molar-refractivity contribution in [2.24, 2.45) is 0 Å². The summed E-state index contributed by atoms with van der Waals surface area (Å²) in [6.45, 7) is 0.137. The van der Waals surface area contributed by atoms with Crippen molar-refractivity contribution in [3.63, 3.8) is 0 Å². The molecule has 0 aliphatic carbocycles. The molecule has 0 radical (unpaired) electrons. The molecule has 0 unspecified atom stereocenters. The topological polar surface area (TPSA) is 102 Å². The standard InChI is InChI=1S/C23H22F3N3O6/c1-34-19-11-16-17(12-18(19)29(32)33)28(20(30)23(24,25)26)14-22(16)7-9-27(10-8-22)21(31)35-13-15-5-3-2-4-6-15/h2-6,11-12H,7-10,13-14H2,1H3. The molecule has 0 bridgehead atoms. The number of anilines is 1. The summed E-state index contributed by atoms with van der Waals surface area (Å²) in [5, 5.41) is 11.4. The van der Waals surface area contributed by atoms with Gasteiger partial charge in [0.2, 0.25) is 0 Å². The van der Waals surface area contributed by atoms with Crippen molar-refractivity contribution in [3.8, 4) is 5.75 Å². The SMILES string of the molecule is COc1cc2c(cc1[N+](=O)[O-])N(C(=O)C(F)(F)F)CC21CCN(C(=O)OCc2ccccc2)CC1. The van der Waals surface area contributed by atoms with Crippen LogP contribution >= 0.6 is 0 Å². The van der Waals surface area contributed by atoms with Crippen molar-refractivity contribution in [2.45, 2.75) is 31.0 Å². The third kappa shape index (κ3) is 4.60. The maximum Gasteiger partial charge on any atom is 0.471 e. The summed E-state index contributed by atoms with van der Waals surface area (Å²) in [5.74, 6) is -2.21. The van der Waals surface area contributed by atoms with Crippen LogP contribution in [-0.2, 0) is 21.6 Å². The summed E-state index contributed by atoms with van der Waals surface area (Å²) >= 11 is 0. The predicted octanol–water partition coefficient (Wildman–Crippen LogP) is 4.18. The van der Waals surface area contributed by atoms with Gasteiger partial charge in [-0.05, 0) is 30.0 Å². The number of piperidine rings is 1. The van der Waals surface area contributed by atoms with Gasteiger partial charge in [0.25, 0.3) is 0 Å². The van der Waals surface area contributed by atoms with Crippen LogP contribution in [0, 0.1) is 10.1 Å². The van der Waals surface area contributed by atoms with Crippen LogP contribution in [0.3, 0.4) is 0 Å². The Balaban J connectivity index is 1.58. The highest BCUT2D eigenvalue weighted by Gasteiger charge is 2.53. The van der Waals surface area contributed by atoms with Gasteiger partial charge in [0.1, 0.15) is 6.61 Å².